The van der Waals surface area contributed by atoms with Crippen LogP contribution in [0.1, 0.15) is 11.1 Å². The Morgan fingerprint density at radius 2 is 1.92 bits per heavy atom. The second kappa shape index (κ2) is 9.19. The number of nitrogen functional groups attached to an aromatic ring is 1. The molecule has 0 saturated carbocycles. The van der Waals surface area contributed by atoms with Gasteiger partial charge in [0.2, 0.25) is 10.0 Å². The summed E-state index contributed by atoms with van der Waals surface area (Å²) in [6.07, 6.45) is 3.54. The topological polar surface area (TPSA) is 120 Å². The lowest BCUT2D eigenvalue weighted by Gasteiger charge is -2.31. The number of sulfonamides is 1. The maximum Gasteiger partial charge on any atom is 0.229 e. The smallest absolute Gasteiger partial charge is 0.229 e. The number of nitrogens with zero attached hydrogens (tertiary/aromatic N) is 3. The van der Waals surface area contributed by atoms with E-state index in [1.807, 2.05) is 42.5 Å². The number of nitrogens with one attached hydrogen (secondary N) is 1. The molecule has 0 unspecified atom stereocenters. The van der Waals surface area contributed by atoms with Crippen LogP contribution in [0.15, 0.2) is 54.7 Å². The molecule has 0 bridgehead atoms. The van der Waals surface area contributed by atoms with E-state index in [9.17, 15) is 8.42 Å². The summed E-state index contributed by atoms with van der Waals surface area (Å²) in [5.41, 5.74) is 11.9. The highest BCUT2D eigenvalue weighted by molar-refractivity contribution is 7.92. The van der Waals surface area contributed by atoms with E-state index in [0.717, 1.165) is 34.2 Å². The average molecular weight is 506 g/mol. The van der Waals surface area contributed by atoms with E-state index < -0.39 is 10.0 Å². The molecule has 1 aliphatic rings. The number of fused-ring (bicyclic) bond motifs is 2. The summed E-state index contributed by atoms with van der Waals surface area (Å²) in [5.74, 6) is 1.81. The quantitative estimate of drug-likeness (QED) is 0.406. The number of aromatic nitrogens is 2. The van der Waals surface area contributed by atoms with Crippen LogP contribution in [0, 0.1) is 0 Å². The summed E-state index contributed by atoms with van der Waals surface area (Å²) in [5, 5.41) is 0.743. The van der Waals surface area contributed by atoms with Crippen LogP contribution in [0.5, 0.6) is 11.5 Å². The van der Waals surface area contributed by atoms with Gasteiger partial charge in [0.1, 0.15) is 5.82 Å². The normalized spacial score (nSPS) is 13.4. The number of ether oxygens (including phenoxy) is 2. The zero-order valence-electron chi connectivity index (χ0n) is 20.3. The fourth-order valence-electron chi connectivity index (χ4n) is 4.75. The van der Waals surface area contributed by atoms with Gasteiger partial charge in [-0.1, -0.05) is 18.2 Å². The summed E-state index contributed by atoms with van der Waals surface area (Å²) in [6.45, 7) is 1.24. The number of rotatable bonds is 6. The number of methoxy groups -OCH3 is 2. The molecule has 0 amide bonds. The van der Waals surface area contributed by atoms with Gasteiger partial charge in [-0.2, -0.15) is 0 Å². The standard InChI is InChI=1S/C26H27N5O4S/c1-34-22-14-21-24(25(26(22)35-2)20-8-4-5-11-28-20)18(27)13-23(29-21)31-12-10-17-16(15-31)7-6-9-19(17)30-36(3,32)33/h4-9,11,13-14,30H,10,12,15H2,1-3H3,(H2,27,29). The van der Waals surface area contributed by atoms with Crippen LogP contribution >= 0.6 is 0 Å². The first-order chi connectivity index (χ1) is 17.3. The van der Waals surface area contributed by atoms with Crippen LogP contribution in [-0.4, -0.2) is 45.4 Å². The molecule has 4 aromatic rings. The molecular formula is C26H27N5O4S. The number of hydrogen-bond donors (Lipinski definition) is 2. The van der Waals surface area contributed by atoms with Crippen LogP contribution in [0.25, 0.3) is 22.2 Å². The van der Waals surface area contributed by atoms with Crippen molar-refractivity contribution in [3.63, 3.8) is 0 Å². The van der Waals surface area contributed by atoms with Crippen LogP contribution in [0.4, 0.5) is 17.2 Å². The van der Waals surface area contributed by atoms with E-state index in [1.165, 1.54) is 0 Å². The number of hydrogen-bond acceptors (Lipinski definition) is 8. The molecule has 9 nitrogen and oxygen atoms in total. The summed E-state index contributed by atoms with van der Waals surface area (Å²) < 4.78 is 37.6. The number of benzene rings is 2. The predicted octanol–water partition coefficient (Wildman–Crippen LogP) is 3.83. The molecule has 2 aromatic heterocycles. The first-order valence-corrected chi connectivity index (χ1v) is 13.3. The molecule has 3 N–H and O–H groups in total. The molecule has 0 radical (unpaired) electrons. The summed E-state index contributed by atoms with van der Waals surface area (Å²) in [6, 6.07) is 15.0. The Labute approximate surface area is 209 Å². The lowest BCUT2D eigenvalue weighted by molar-refractivity contribution is 0.357. The Hall–Kier alpha value is -4.05. The SMILES string of the molecule is COc1cc2nc(N3CCc4c(cccc4NS(C)(=O)=O)C3)cc(N)c2c(-c2ccccn2)c1OC. The van der Waals surface area contributed by atoms with Crippen molar-refractivity contribution in [1.29, 1.82) is 0 Å². The molecule has 2 aromatic carbocycles. The van der Waals surface area contributed by atoms with Crippen molar-refractivity contribution in [3.05, 3.63) is 65.9 Å². The number of nitrogens with two attached hydrogens (primary N) is 1. The van der Waals surface area contributed by atoms with Gasteiger partial charge in [-0.15, -0.1) is 0 Å². The maximum atomic E-state index is 11.8. The first kappa shape index (κ1) is 23.7. The molecule has 10 heteroatoms. The fourth-order valence-corrected chi connectivity index (χ4v) is 5.34. The van der Waals surface area contributed by atoms with Crippen molar-refractivity contribution in [2.45, 2.75) is 13.0 Å². The number of pyridine rings is 2. The van der Waals surface area contributed by atoms with Crippen molar-refractivity contribution < 1.29 is 17.9 Å². The van der Waals surface area contributed by atoms with Crippen molar-refractivity contribution in [2.24, 2.45) is 0 Å². The molecular weight excluding hydrogens is 478 g/mol. The second-order valence-corrected chi connectivity index (χ2v) is 10.4. The van der Waals surface area contributed by atoms with Crippen LogP contribution in [0.2, 0.25) is 0 Å². The Balaban J connectivity index is 1.60. The molecule has 0 fully saturated rings. The zero-order chi connectivity index (χ0) is 25.4. The maximum absolute atomic E-state index is 11.8. The average Bonchev–Trinajstić information content (AvgIpc) is 2.87. The van der Waals surface area contributed by atoms with Gasteiger partial charge in [0.25, 0.3) is 0 Å². The third-order valence-corrected chi connectivity index (χ3v) is 6.85. The molecule has 186 valence electrons. The highest BCUT2D eigenvalue weighted by Gasteiger charge is 2.24. The van der Waals surface area contributed by atoms with E-state index >= 15 is 0 Å². The van der Waals surface area contributed by atoms with Crippen LogP contribution < -0.4 is 24.8 Å². The molecule has 0 saturated heterocycles. The molecule has 5 rings (SSSR count). The van der Waals surface area contributed by atoms with Gasteiger partial charge in [-0.05, 0) is 35.7 Å². The van der Waals surface area contributed by atoms with Crippen molar-refractivity contribution in [1.82, 2.24) is 9.97 Å². The van der Waals surface area contributed by atoms with Gasteiger partial charge in [0, 0.05) is 42.5 Å². The van der Waals surface area contributed by atoms with Gasteiger partial charge in [0.05, 0.1) is 42.9 Å². The van der Waals surface area contributed by atoms with E-state index in [4.69, 9.17) is 20.2 Å². The summed E-state index contributed by atoms with van der Waals surface area (Å²) >= 11 is 0. The van der Waals surface area contributed by atoms with Crippen LogP contribution in [-0.2, 0) is 23.0 Å². The molecule has 0 spiro atoms. The molecule has 0 aliphatic carbocycles. The molecule has 36 heavy (non-hydrogen) atoms. The van der Waals surface area contributed by atoms with Gasteiger partial charge in [-0.3, -0.25) is 9.71 Å². The highest BCUT2D eigenvalue weighted by atomic mass is 32.2. The largest absolute Gasteiger partial charge is 0.493 e. The minimum Gasteiger partial charge on any atom is -0.493 e. The minimum absolute atomic E-state index is 0.537. The molecule has 1 aliphatic heterocycles. The van der Waals surface area contributed by atoms with Gasteiger partial charge < -0.3 is 20.1 Å². The van der Waals surface area contributed by atoms with Crippen LogP contribution in [0.3, 0.4) is 0 Å². The minimum atomic E-state index is -3.37. The van der Waals surface area contributed by atoms with Gasteiger partial charge >= 0.3 is 0 Å². The lowest BCUT2D eigenvalue weighted by Crippen LogP contribution is -2.31. The van der Waals surface area contributed by atoms with Crippen molar-refractivity contribution in [3.8, 4) is 22.8 Å². The first-order valence-electron chi connectivity index (χ1n) is 11.4. The van der Waals surface area contributed by atoms with Gasteiger partial charge in [0.15, 0.2) is 11.5 Å². The van der Waals surface area contributed by atoms with E-state index in [0.29, 0.717) is 53.6 Å². The Bertz CT molecular complexity index is 1560. The van der Waals surface area contributed by atoms with Crippen molar-refractivity contribution >= 4 is 38.1 Å². The monoisotopic (exact) mass is 505 g/mol. The second-order valence-electron chi connectivity index (χ2n) is 8.65. The zero-order valence-corrected chi connectivity index (χ0v) is 21.1. The van der Waals surface area contributed by atoms with E-state index in [1.54, 1.807) is 26.5 Å². The Morgan fingerprint density at radius 3 is 2.61 bits per heavy atom. The third-order valence-electron chi connectivity index (χ3n) is 6.26. The third kappa shape index (κ3) is 4.35. The molecule has 3 heterocycles. The fraction of sp³-hybridized carbons (Fsp3) is 0.231. The lowest BCUT2D eigenvalue weighted by atomic mass is 9.97. The predicted molar refractivity (Wildman–Crippen MR) is 142 cm³/mol. The Kier molecular flexibility index (Phi) is 6.05. The number of anilines is 3. The highest BCUT2D eigenvalue weighted by Crippen LogP contribution is 2.45. The Morgan fingerprint density at radius 1 is 1.08 bits per heavy atom. The summed E-state index contributed by atoms with van der Waals surface area (Å²) in [4.78, 5) is 11.6. The summed E-state index contributed by atoms with van der Waals surface area (Å²) in [7, 11) is -0.190. The van der Waals surface area contributed by atoms with Crippen molar-refractivity contribution in [2.75, 3.05) is 42.4 Å². The van der Waals surface area contributed by atoms with Gasteiger partial charge in [-0.25, -0.2) is 13.4 Å². The van der Waals surface area contributed by atoms with E-state index in [2.05, 4.69) is 14.6 Å². The molecule has 0 atom stereocenters. The van der Waals surface area contributed by atoms with E-state index in [-0.39, 0.29) is 0 Å².